The van der Waals surface area contributed by atoms with E-state index in [-0.39, 0.29) is 6.54 Å². The number of nitrogens with one attached hydrogen (secondary N) is 1. The maximum absolute atomic E-state index is 12.7. The molecular formula is C10H11F2NO2. The Balaban J connectivity index is 2.47. The summed E-state index contributed by atoms with van der Waals surface area (Å²) in [5.41, 5.74) is 0.490. The molecule has 82 valence electrons. The van der Waals surface area contributed by atoms with E-state index < -0.39 is 17.7 Å². The zero-order valence-electron chi connectivity index (χ0n) is 8.22. The van der Waals surface area contributed by atoms with Crippen LogP contribution in [0.15, 0.2) is 18.2 Å². The zero-order valence-corrected chi connectivity index (χ0v) is 8.22. The van der Waals surface area contributed by atoms with Crippen molar-refractivity contribution in [3.63, 3.8) is 0 Å². The number of benzene rings is 1. The van der Waals surface area contributed by atoms with E-state index in [2.05, 4.69) is 10.1 Å². The van der Waals surface area contributed by atoms with Gasteiger partial charge >= 0.3 is 6.09 Å². The molecule has 0 aliphatic heterocycles. The Kier molecular flexibility index (Phi) is 4.03. The third-order valence-electron chi connectivity index (χ3n) is 1.79. The molecule has 0 aliphatic carbocycles. The number of hydrogen-bond donors (Lipinski definition) is 1. The number of halogens is 2. The molecule has 0 aliphatic rings. The highest BCUT2D eigenvalue weighted by Gasteiger charge is 2.02. The number of ether oxygens (including phenoxy) is 1. The average molecular weight is 215 g/mol. The first-order valence-corrected chi connectivity index (χ1v) is 4.38. The van der Waals surface area contributed by atoms with Gasteiger partial charge in [0.05, 0.1) is 7.11 Å². The second kappa shape index (κ2) is 5.29. The van der Waals surface area contributed by atoms with Crippen molar-refractivity contribution in [1.29, 1.82) is 0 Å². The first kappa shape index (κ1) is 11.4. The molecular weight excluding hydrogens is 204 g/mol. The maximum Gasteiger partial charge on any atom is 0.406 e. The van der Waals surface area contributed by atoms with Crippen LogP contribution >= 0.6 is 0 Å². The van der Waals surface area contributed by atoms with Crippen LogP contribution in [0, 0.1) is 11.6 Å². The van der Waals surface area contributed by atoms with Gasteiger partial charge in [0, 0.05) is 12.6 Å². The Bertz CT molecular complexity index is 335. The minimum absolute atomic E-state index is 0.273. The standard InChI is InChI=1S/C10H11F2NO2/c1-15-10(14)13-3-2-7-4-8(11)6-9(12)5-7/h4-6H,2-3H2,1H3,(H,13,14). The van der Waals surface area contributed by atoms with Crippen LogP contribution in [0.3, 0.4) is 0 Å². The molecule has 5 heteroatoms. The van der Waals surface area contributed by atoms with Crippen LogP contribution in [0.2, 0.25) is 0 Å². The molecule has 1 N–H and O–H groups in total. The van der Waals surface area contributed by atoms with Crippen LogP contribution in [0.1, 0.15) is 5.56 Å². The smallest absolute Gasteiger partial charge is 0.406 e. The lowest BCUT2D eigenvalue weighted by Gasteiger charge is -2.04. The van der Waals surface area contributed by atoms with Gasteiger partial charge in [-0.25, -0.2) is 13.6 Å². The number of rotatable bonds is 3. The van der Waals surface area contributed by atoms with Crippen LogP contribution in [0.25, 0.3) is 0 Å². The molecule has 0 saturated heterocycles. The van der Waals surface area contributed by atoms with Crippen LogP contribution < -0.4 is 5.32 Å². The number of alkyl carbamates (subject to hydrolysis) is 1. The molecule has 3 nitrogen and oxygen atoms in total. The maximum atomic E-state index is 12.7. The normalized spacial score (nSPS) is 9.80. The van der Waals surface area contributed by atoms with Gasteiger partial charge in [0.15, 0.2) is 0 Å². The summed E-state index contributed by atoms with van der Waals surface area (Å²) < 4.78 is 29.8. The Morgan fingerprint density at radius 3 is 2.47 bits per heavy atom. The van der Waals surface area contributed by atoms with Gasteiger partial charge in [-0.1, -0.05) is 0 Å². The second-order valence-electron chi connectivity index (χ2n) is 2.95. The molecule has 0 aromatic heterocycles. The summed E-state index contributed by atoms with van der Waals surface area (Å²) >= 11 is 0. The average Bonchev–Trinajstić information content (AvgIpc) is 2.16. The summed E-state index contributed by atoms with van der Waals surface area (Å²) in [5, 5.41) is 2.41. The van der Waals surface area contributed by atoms with Crippen LogP contribution in [0.5, 0.6) is 0 Å². The van der Waals surface area contributed by atoms with Crippen LogP contribution in [-0.4, -0.2) is 19.7 Å². The Morgan fingerprint density at radius 2 is 1.93 bits per heavy atom. The van der Waals surface area contributed by atoms with E-state index in [1.807, 2.05) is 0 Å². The number of methoxy groups -OCH3 is 1. The van der Waals surface area contributed by atoms with Gasteiger partial charge in [0.2, 0.25) is 0 Å². The number of carbonyl (C=O) groups excluding carboxylic acids is 1. The fourth-order valence-electron chi connectivity index (χ4n) is 1.14. The predicted molar refractivity (Wildman–Crippen MR) is 50.5 cm³/mol. The summed E-state index contributed by atoms with van der Waals surface area (Å²) in [7, 11) is 1.25. The van der Waals surface area contributed by atoms with E-state index in [9.17, 15) is 13.6 Å². The summed E-state index contributed by atoms with van der Waals surface area (Å²) in [4.78, 5) is 10.7. The molecule has 0 heterocycles. The molecule has 0 unspecified atom stereocenters. The van der Waals surface area contributed by atoms with Crippen LogP contribution in [-0.2, 0) is 11.2 Å². The van der Waals surface area contributed by atoms with E-state index in [0.29, 0.717) is 12.0 Å². The summed E-state index contributed by atoms with van der Waals surface area (Å²) in [6, 6.07) is 3.25. The van der Waals surface area contributed by atoms with Crippen molar-refractivity contribution in [3.05, 3.63) is 35.4 Å². The molecule has 0 spiro atoms. The highest BCUT2D eigenvalue weighted by molar-refractivity contribution is 5.66. The summed E-state index contributed by atoms with van der Waals surface area (Å²) in [5.74, 6) is -1.24. The predicted octanol–water partition coefficient (Wildman–Crippen LogP) is 1.86. The van der Waals surface area contributed by atoms with Crippen molar-refractivity contribution in [2.45, 2.75) is 6.42 Å². The van der Waals surface area contributed by atoms with Gasteiger partial charge in [0.1, 0.15) is 11.6 Å². The van der Waals surface area contributed by atoms with Gasteiger partial charge in [-0.05, 0) is 24.1 Å². The van der Waals surface area contributed by atoms with Crippen molar-refractivity contribution in [2.24, 2.45) is 0 Å². The molecule has 1 aromatic carbocycles. The molecule has 0 saturated carbocycles. The fraction of sp³-hybridized carbons (Fsp3) is 0.300. The van der Waals surface area contributed by atoms with Gasteiger partial charge in [0.25, 0.3) is 0 Å². The molecule has 0 bridgehead atoms. The number of hydrogen-bond acceptors (Lipinski definition) is 2. The van der Waals surface area contributed by atoms with E-state index in [0.717, 1.165) is 6.07 Å². The van der Waals surface area contributed by atoms with Gasteiger partial charge in [-0.3, -0.25) is 0 Å². The molecule has 0 fully saturated rings. The molecule has 15 heavy (non-hydrogen) atoms. The molecule has 1 amide bonds. The first-order chi connectivity index (χ1) is 7.11. The van der Waals surface area contributed by atoms with Gasteiger partial charge < -0.3 is 10.1 Å². The zero-order chi connectivity index (χ0) is 11.3. The highest BCUT2D eigenvalue weighted by atomic mass is 19.1. The third-order valence-corrected chi connectivity index (χ3v) is 1.79. The SMILES string of the molecule is COC(=O)NCCc1cc(F)cc(F)c1. The lowest BCUT2D eigenvalue weighted by Crippen LogP contribution is -2.25. The Hall–Kier alpha value is -1.65. The van der Waals surface area contributed by atoms with Gasteiger partial charge in [-0.2, -0.15) is 0 Å². The largest absolute Gasteiger partial charge is 0.453 e. The number of amides is 1. The van der Waals surface area contributed by atoms with Crippen LogP contribution in [0.4, 0.5) is 13.6 Å². The lowest BCUT2D eigenvalue weighted by atomic mass is 10.1. The molecule has 1 rings (SSSR count). The molecule has 1 aromatic rings. The minimum atomic E-state index is -0.622. The van der Waals surface area contributed by atoms with Gasteiger partial charge in [-0.15, -0.1) is 0 Å². The molecule has 0 atom stereocenters. The van der Waals surface area contributed by atoms with E-state index in [1.54, 1.807) is 0 Å². The monoisotopic (exact) mass is 215 g/mol. The second-order valence-corrected chi connectivity index (χ2v) is 2.95. The van der Waals surface area contributed by atoms with Crippen molar-refractivity contribution < 1.29 is 18.3 Å². The fourth-order valence-corrected chi connectivity index (χ4v) is 1.14. The van der Waals surface area contributed by atoms with E-state index in [1.165, 1.54) is 19.2 Å². The van der Waals surface area contributed by atoms with E-state index >= 15 is 0 Å². The topological polar surface area (TPSA) is 38.3 Å². The highest BCUT2D eigenvalue weighted by Crippen LogP contribution is 2.07. The Morgan fingerprint density at radius 1 is 1.33 bits per heavy atom. The summed E-state index contributed by atoms with van der Waals surface area (Å²) in [6.45, 7) is 0.273. The first-order valence-electron chi connectivity index (χ1n) is 4.38. The molecule has 0 radical (unpaired) electrons. The van der Waals surface area contributed by atoms with Crippen molar-refractivity contribution in [3.8, 4) is 0 Å². The quantitative estimate of drug-likeness (QED) is 0.835. The van der Waals surface area contributed by atoms with Crippen molar-refractivity contribution in [1.82, 2.24) is 5.32 Å². The van der Waals surface area contributed by atoms with E-state index in [4.69, 9.17) is 0 Å². The third kappa shape index (κ3) is 3.93. The Labute approximate surface area is 86.0 Å². The summed E-state index contributed by atoms with van der Waals surface area (Å²) in [6.07, 6.45) is -0.212. The van der Waals surface area contributed by atoms with Crippen molar-refractivity contribution >= 4 is 6.09 Å². The minimum Gasteiger partial charge on any atom is -0.453 e. The number of carbonyl (C=O) groups is 1. The lowest BCUT2D eigenvalue weighted by molar-refractivity contribution is 0.171. The van der Waals surface area contributed by atoms with Crippen molar-refractivity contribution in [2.75, 3.05) is 13.7 Å².